The van der Waals surface area contributed by atoms with Gasteiger partial charge in [0.1, 0.15) is 0 Å². The molecule has 0 aliphatic heterocycles. The van der Waals surface area contributed by atoms with Gasteiger partial charge in [0.25, 0.3) is 5.91 Å². The van der Waals surface area contributed by atoms with Crippen LogP contribution < -0.4 is 10.6 Å². The molecule has 6 heteroatoms. The molecule has 1 amide bonds. The standard InChI is InChI=1S/C18H21N5O/c1-12-13(2)23-16-14(12)6-3-7-15(16)17(24)19-8-4-9-20-18-21-10-5-11-22-18/h3,5-7,10-11,23H,4,8-9H2,1-2H3,(H,19,24)(H,20,21,22). The molecule has 1 aromatic carbocycles. The lowest BCUT2D eigenvalue weighted by Crippen LogP contribution is -2.26. The number of hydrogen-bond acceptors (Lipinski definition) is 4. The van der Waals surface area contributed by atoms with Crippen molar-refractivity contribution < 1.29 is 4.79 Å². The fraction of sp³-hybridized carbons (Fsp3) is 0.278. The van der Waals surface area contributed by atoms with Gasteiger partial charge in [0.2, 0.25) is 5.95 Å². The molecule has 0 aliphatic rings. The molecule has 0 saturated carbocycles. The monoisotopic (exact) mass is 323 g/mol. The molecule has 3 aromatic rings. The smallest absolute Gasteiger partial charge is 0.253 e. The minimum atomic E-state index is -0.0576. The number of para-hydroxylation sites is 1. The molecule has 0 bridgehead atoms. The van der Waals surface area contributed by atoms with Crippen molar-refractivity contribution in [3.8, 4) is 0 Å². The Hall–Kier alpha value is -2.89. The third kappa shape index (κ3) is 3.37. The van der Waals surface area contributed by atoms with E-state index >= 15 is 0 Å². The van der Waals surface area contributed by atoms with E-state index in [0.29, 0.717) is 24.6 Å². The van der Waals surface area contributed by atoms with Gasteiger partial charge < -0.3 is 15.6 Å². The summed E-state index contributed by atoms with van der Waals surface area (Å²) in [4.78, 5) is 23.9. The van der Waals surface area contributed by atoms with E-state index in [0.717, 1.165) is 23.0 Å². The van der Waals surface area contributed by atoms with Crippen molar-refractivity contribution in [3.63, 3.8) is 0 Å². The maximum absolute atomic E-state index is 12.4. The Bertz CT molecular complexity index is 841. The minimum absolute atomic E-state index is 0.0576. The number of fused-ring (bicyclic) bond motifs is 1. The van der Waals surface area contributed by atoms with Crippen molar-refractivity contribution in [1.82, 2.24) is 20.3 Å². The highest BCUT2D eigenvalue weighted by molar-refractivity contribution is 6.06. The molecule has 0 spiro atoms. The van der Waals surface area contributed by atoms with Gasteiger partial charge in [-0.05, 0) is 38.0 Å². The first-order chi connectivity index (χ1) is 11.7. The first-order valence-corrected chi connectivity index (χ1v) is 8.04. The Kier molecular flexibility index (Phi) is 4.74. The molecular formula is C18H21N5O. The summed E-state index contributed by atoms with van der Waals surface area (Å²) in [5.74, 6) is 0.545. The van der Waals surface area contributed by atoms with Crippen molar-refractivity contribution in [3.05, 3.63) is 53.5 Å². The molecule has 2 aromatic heterocycles. The van der Waals surface area contributed by atoms with Gasteiger partial charge >= 0.3 is 0 Å². The van der Waals surface area contributed by atoms with Gasteiger partial charge in [0, 0.05) is 36.6 Å². The molecule has 124 valence electrons. The summed E-state index contributed by atoms with van der Waals surface area (Å²) >= 11 is 0. The van der Waals surface area contributed by atoms with Crippen molar-refractivity contribution in [2.75, 3.05) is 18.4 Å². The normalized spacial score (nSPS) is 10.8. The second-order valence-electron chi connectivity index (χ2n) is 5.71. The first-order valence-electron chi connectivity index (χ1n) is 8.04. The van der Waals surface area contributed by atoms with Crippen LogP contribution in [0.5, 0.6) is 0 Å². The Labute approximate surface area is 140 Å². The number of hydrogen-bond donors (Lipinski definition) is 3. The Morgan fingerprint density at radius 2 is 1.92 bits per heavy atom. The van der Waals surface area contributed by atoms with E-state index in [1.165, 1.54) is 5.56 Å². The zero-order chi connectivity index (χ0) is 16.9. The van der Waals surface area contributed by atoms with Crippen molar-refractivity contribution in [1.29, 1.82) is 0 Å². The van der Waals surface area contributed by atoms with Gasteiger partial charge in [-0.3, -0.25) is 4.79 Å². The van der Waals surface area contributed by atoms with Gasteiger partial charge in [-0.2, -0.15) is 0 Å². The number of anilines is 1. The lowest BCUT2D eigenvalue weighted by molar-refractivity contribution is 0.0955. The van der Waals surface area contributed by atoms with Gasteiger partial charge in [0.15, 0.2) is 0 Å². The van der Waals surface area contributed by atoms with Crippen LogP contribution in [0.3, 0.4) is 0 Å². The summed E-state index contributed by atoms with van der Waals surface area (Å²) in [6.07, 6.45) is 4.18. The SMILES string of the molecule is Cc1[nH]c2c(C(=O)NCCCNc3ncccn3)cccc2c1C. The highest BCUT2D eigenvalue weighted by Crippen LogP contribution is 2.24. The second-order valence-corrected chi connectivity index (χ2v) is 5.71. The Balaban J connectivity index is 1.55. The van der Waals surface area contributed by atoms with E-state index in [1.54, 1.807) is 18.5 Å². The quantitative estimate of drug-likeness (QED) is 0.609. The molecule has 0 atom stereocenters. The fourth-order valence-corrected chi connectivity index (χ4v) is 2.65. The molecule has 3 N–H and O–H groups in total. The van der Waals surface area contributed by atoms with E-state index in [1.807, 2.05) is 25.1 Å². The van der Waals surface area contributed by atoms with Crippen LogP contribution >= 0.6 is 0 Å². The highest BCUT2D eigenvalue weighted by Gasteiger charge is 2.13. The van der Waals surface area contributed by atoms with Crippen molar-refractivity contribution in [2.24, 2.45) is 0 Å². The number of nitrogens with one attached hydrogen (secondary N) is 3. The van der Waals surface area contributed by atoms with E-state index < -0.39 is 0 Å². The number of aromatic nitrogens is 3. The zero-order valence-corrected chi connectivity index (χ0v) is 13.9. The summed E-state index contributed by atoms with van der Waals surface area (Å²) in [6.45, 7) is 5.38. The van der Waals surface area contributed by atoms with Crippen LogP contribution in [0.15, 0.2) is 36.7 Å². The van der Waals surface area contributed by atoms with Crippen LogP contribution in [0.2, 0.25) is 0 Å². The summed E-state index contributed by atoms with van der Waals surface area (Å²) in [5.41, 5.74) is 3.87. The van der Waals surface area contributed by atoms with Gasteiger partial charge in [0.05, 0.1) is 11.1 Å². The first kappa shape index (κ1) is 16.0. The maximum Gasteiger partial charge on any atom is 0.253 e. The van der Waals surface area contributed by atoms with Crippen LogP contribution in [0.25, 0.3) is 10.9 Å². The summed E-state index contributed by atoms with van der Waals surface area (Å²) in [7, 11) is 0. The van der Waals surface area contributed by atoms with Gasteiger partial charge in [-0.1, -0.05) is 12.1 Å². The van der Waals surface area contributed by atoms with Crippen molar-refractivity contribution >= 4 is 22.8 Å². The molecule has 0 saturated heterocycles. The number of rotatable bonds is 6. The number of amides is 1. The summed E-state index contributed by atoms with van der Waals surface area (Å²) < 4.78 is 0. The highest BCUT2D eigenvalue weighted by atomic mass is 16.1. The lowest BCUT2D eigenvalue weighted by Gasteiger charge is -2.07. The van der Waals surface area contributed by atoms with Crippen molar-refractivity contribution in [2.45, 2.75) is 20.3 Å². The maximum atomic E-state index is 12.4. The summed E-state index contributed by atoms with van der Waals surface area (Å²) in [6, 6.07) is 7.58. The molecule has 6 nitrogen and oxygen atoms in total. The van der Waals surface area contributed by atoms with E-state index in [2.05, 4.69) is 32.5 Å². The Morgan fingerprint density at radius 1 is 1.12 bits per heavy atom. The predicted molar refractivity (Wildman–Crippen MR) is 95.2 cm³/mol. The Morgan fingerprint density at radius 3 is 2.71 bits per heavy atom. The number of aryl methyl sites for hydroxylation is 2. The molecule has 0 fully saturated rings. The number of carbonyl (C=O) groups excluding carboxylic acids is 1. The second kappa shape index (κ2) is 7.12. The molecule has 2 heterocycles. The lowest BCUT2D eigenvalue weighted by atomic mass is 10.1. The fourth-order valence-electron chi connectivity index (χ4n) is 2.65. The third-order valence-electron chi connectivity index (χ3n) is 4.08. The molecule has 0 aliphatic carbocycles. The zero-order valence-electron chi connectivity index (χ0n) is 13.9. The van der Waals surface area contributed by atoms with Crippen LogP contribution in [0, 0.1) is 13.8 Å². The topological polar surface area (TPSA) is 82.7 Å². The largest absolute Gasteiger partial charge is 0.358 e. The van der Waals surface area contributed by atoms with Crippen LogP contribution in [-0.2, 0) is 0 Å². The number of benzene rings is 1. The summed E-state index contributed by atoms with van der Waals surface area (Å²) in [5, 5.41) is 7.19. The van der Waals surface area contributed by atoms with E-state index in [9.17, 15) is 4.79 Å². The molecular weight excluding hydrogens is 302 g/mol. The predicted octanol–water partition coefficient (Wildman–Crippen LogP) is 2.81. The number of aromatic amines is 1. The van der Waals surface area contributed by atoms with Gasteiger partial charge in [-0.15, -0.1) is 0 Å². The molecule has 24 heavy (non-hydrogen) atoms. The van der Waals surface area contributed by atoms with E-state index in [4.69, 9.17) is 0 Å². The van der Waals surface area contributed by atoms with Crippen LogP contribution in [0.1, 0.15) is 28.0 Å². The van der Waals surface area contributed by atoms with Crippen LogP contribution in [-0.4, -0.2) is 33.9 Å². The third-order valence-corrected chi connectivity index (χ3v) is 4.08. The number of nitrogens with zero attached hydrogens (tertiary/aromatic N) is 2. The molecule has 3 rings (SSSR count). The average molecular weight is 323 g/mol. The minimum Gasteiger partial charge on any atom is -0.358 e. The average Bonchev–Trinajstić information content (AvgIpc) is 2.90. The number of H-pyrrole nitrogens is 1. The number of carbonyl (C=O) groups is 1. The van der Waals surface area contributed by atoms with Crippen LogP contribution in [0.4, 0.5) is 5.95 Å². The molecule has 0 radical (unpaired) electrons. The molecule has 0 unspecified atom stereocenters. The van der Waals surface area contributed by atoms with E-state index in [-0.39, 0.29) is 5.91 Å². The van der Waals surface area contributed by atoms with Gasteiger partial charge in [-0.25, -0.2) is 9.97 Å².